The second-order valence-electron chi connectivity index (χ2n) is 6.66. The molecule has 4 aromatic rings. The zero-order valence-electron chi connectivity index (χ0n) is 17.7. The number of rotatable bonds is 9. The highest BCUT2D eigenvalue weighted by atomic mass is 32.1. The Morgan fingerprint density at radius 3 is 2.64 bits per heavy atom. The molecule has 33 heavy (non-hydrogen) atoms. The fraction of sp³-hybridized carbons (Fsp3) is 0.182. The van der Waals surface area contributed by atoms with Crippen molar-refractivity contribution in [2.24, 2.45) is 0 Å². The Bertz CT molecular complexity index is 1240. The second-order valence-corrected chi connectivity index (χ2v) is 8.47. The number of hydrogen-bond acceptors (Lipinski definition) is 10. The number of hydrogen-bond donors (Lipinski definition) is 1. The first-order chi connectivity index (χ1) is 16.1. The SMILES string of the molecule is COc1cc(NC(=O)Cc2cccs2)c(C(=O)OCc2noc(-c3ccsc3)n2)cc1OC. The maximum absolute atomic E-state index is 12.9. The van der Waals surface area contributed by atoms with Crippen molar-refractivity contribution < 1.29 is 28.3 Å². The molecule has 11 heteroatoms. The minimum Gasteiger partial charge on any atom is -0.493 e. The van der Waals surface area contributed by atoms with E-state index in [2.05, 4.69) is 15.5 Å². The van der Waals surface area contributed by atoms with E-state index in [4.69, 9.17) is 18.7 Å². The lowest BCUT2D eigenvalue weighted by molar-refractivity contribution is -0.115. The van der Waals surface area contributed by atoms with Gasteiger partial charge >= 0.3 is 5.97 Å². The topological polar surface area (TPSA) is 113 Å². The lowest BCUT2D eigenvalue weighted by Crippen LogP contribution is -2.17. The monoisotopic (exact) mass is 485 g/mol. The molecule has 0 unspecified atom stereocenters. The predicted octanol–water partition coefficient (Wildman–Crippen LogP) is 4.42. The number of ether oxygens (including phenoxy) is 3. The van der Waals surface area contributed by atoms with Crippen molar-refractivity contribution in [3.63, 3.8) is 0 Å². The van der Waals surface area contributed by atoms with Crippen molar-refractivity contribution >= 4 is 40.2 Å². The number of esters is 1. The smallest absolute Gasteiger partial charge is 0.340 e. The molecule has 0 fully saturated rings. The number of thiophene rings is 2. The number of nitrogens with one attached hydrogen (secondary N) is 1. The highest BCUT2D eigenvalue weighted by molar-refractivity contribution is 7.10. The Kier molecular flexibility index (Phi) is 7.01. The number of aromatic nitrogens is 2. The third-order valence-corrected chi connectivity index (χ3v) is 6.06. The zero-order valence-corrected chi connectivity index (χ0v) is 19.3. The summed E-state index contributed by atoms with van der Waals surface area (Å²) in [6.07, 6.45) is 0.175. The molecule has 0 bridgehead atoms. The number of carbonyl (C=O) groups is 2. The molecule has 170 valence electrons. The van der Waals surface area contributed by atoms with Gasteiger partial charge in [-0.25, -0.2) is 4.79 Å². The molecule has 3 heterocycles. The summed E-state index contributed by atoms with van der Waals surface area (Å²) in [4.78, 5) is 30.6. The van der Waals surface area contributed by atoms with Gasteiger partial charge in [-0.1, -0.05) is 11.2 Å². The number of benzene rings is 1. The van der Waals surface area contributed by atoms with Crippen molar-refractivity contribution in [2.75, 3.05) is 19.5 Å². The van der Waals surface area contributed by atoms with E-state index in [0.717, 1.165) is 10.4 Å². The molecule has 1 N–H and O–H groups in total. The molecular formula is C22H19N3O6S2. The average molecular weight is 486 g/mol. The van der Waals surface area contributed by atoms with Gasteiger partial charge in [-0.3, -0.25) is 4.79 Å². The van der Waals surface area contributed by atoms with Gasteiger partial charge in [0, 0.05) is 22.4 Å². The summed E-state index contributed by atoms with van der Waals surface area (Å²) < 4.78 is 21.2. The maximum Gasteiger partial charge on any atom is 0.340 e. The van der Waals surface area contributed by atoms with E-state index >= 15 is 0 Å². The van der Waals surface area contributed by atoms with Crippen LogP contribution in [0.2, 0.25) is 0 Å². The first-order valence-corrected chi connectivity index (χ1v) is 11.5. The normalized spacial score (nSPS) is 10.6. The van der Waals surface area contributed by atoms with Gasteiger partial charge in [-0.2, -0.15) is 16.3 Å². The van der Waals surface area contributed by atoms with Crippen LogP contribution in [0.1, 0.15) is 21.1 Å². The summed E-state index contributed by atoms with van der Waals surface area (Å²) in [6.45, 7) is -0.205. The highest BCUT2D eigenvalue weighted by Crippen LogP contribution is 2.34. The summed E-state index contributed by atoms with van der Waals surface area (Å²) in [5.74, 6) is 0.267. The minimum atomic E-state index is -0.690. The maximum atomic E-state index is 12.9. The minimum absolute atomic E-state index is 0.105. The molecule has 1 aromatic carbocycles. The van der Waals surface area contributed by atoms with Gasteiger partial charge in [0.2, 0.25) is 11.7 Å². The van der Waals surface area contributed by atoms with Crippen LogP contribution in [0, 0.1) is 0 Å². The van der Waals surface area contributed by atoms with Crippen molar-refractivity contribution in [2.45, 2.75) is 13.0 Å². The van der Waals surface area contributed by atoms with Gasteiger partial charge in [0.05, 0.1) is 37.5 Å². The van der Waals surface area contributed by atoms with E-state index in [1.165, 1.54) is 49.0 Å². The molecule has 0 aliphatic carbocycles. The first kappa shape index (κ1) is 22.5. The zero-order chi connectivity index (χ0) is 23.2. The van der Waals surface area contributed by atoms with Crippen LogP contribution in [0.15, 0.2) is 51.0 Å². The van der Waals surface area contributed by atoms with Crippen molar-refractivity contribution in [3.8, 4) is 23.0 Å². The van der Waals surface area contributed by atoms with Gasteiger partial charge in [-0.15, -0.1) is 11.3 Å². The second kappa shape index (κ2) is 10.3. The molecule has 0 saturated heterocycles. The molecule has 1 amide bonds. The summed E-state index contributed by atoms with van der Waals surface area (Å²) in [7, 11) is 2.92. The fourth-order valence-corrected chi connectivity index (χ4v) is 4.27. The van der Waals surface area contributed by atoms with Gasteiger partial charge < -0.3 is 24.1 Å². The van der Waals surface area contributed by atoms with Crippen LogP contribution in [0.25, 0.3) is 11.5 Å². The van der Waals surface area contributed by atoms with Gasteiger partial charge in [0.1, 0.15) is 0 Å². The standard InChI is InChI=1S/C22H19N3O6S2/c1-28-17-9-15(16(10-18(17)29-2)23-20(26)8-14-4-3-6-33-14)22(27)30-11-19-24-21(31-25-19)13-5-7-32-12-13/h3-7,9-10,12H,8,11H2,1-2H3,(H,23,26). The Morgan fingerprint density at radius 2 is 1.94 bits per heavy atom. The first-order valence-electron chi connectivity index (χ1n) is 9.68. The van der Waals surface area contributed by atoms with E-state index < -0.39 is 5.97 Å². The summed E-state index contributed by atoms with van der Waals surface area (Å²) in [6, 6.07) is 8.56. The summed E-state index contributed by atoms with van der Waals surface area (Å²) in [5.41, 5.74) is 1.14. The Morgan fingerprint density at radius 1 is 1.12 bits per heavy atom. The van der Waals surface area contributed by atoms with Gasteiger partial charge in [-0.05, 0) is 22.9 Å². The quantitative estimate of drug-likeness (QED) is 0.347. The number of carbonyl (C=O) groups excluding carboxylic acids is 2. The molecule has 0 saturated carbocycles. The average Bonchev–Trinajstić information content (AvgIpc) is 3.59. The van der Waals surface area contributed by atoms with Crippen LogP contribution < -0.4 is 14.8 Å². The van der Waals surface area contributed by atoms with Crippen molar-refractivity contribution in [3.05, 3.63) is 62.7 Å². The van der Waals surface area contributed by atoms with Crippen molar-refractivity contribution in [1.29, 1.82) is 0 Å². The van der Waals surface area contributed by atoms with Crippen molar-refractivity contribution in [1.82, 2.24) is 10.1 Å². The van der Waals surface area contributed by atoms with Crippen LogP contribution in [-0.2, 0) is 22.6 Å². The molecule has 9 nitrogen and oxygen atoms in total. The number of amides is 1. The molecule has 0 spiro atoms. The molecule has 3 aromatic heterocycles. The molecular weight excluding hydrogens is 466 g/mol. The third-order valence-electron chi connectivity index (χ3n) is 4.50. The van der Waals surface area contributed by atoms with Crippen LogP contribution in [0.3, 0.4) is 0 Å². The third kappa shape index (κ3) is 5.38. The summed E-state index contributed by atoms with van der Waals surface area (Å²) >= 11 is 2.98. The lowest BCUT2D eigenvalue weighted by atomic mass is 10.1. The van der Waals surface area contributed by atoms with E-state index in [1.807, 2.05) is 34.3 Å². The van der Waals surface area contributed by atoms with E-state index in [0.29, 0.717) is 17.4 Å². The van der Waals surface area contributed by atoms with Crippen LogP contribution in [0.4, 0.5) is 5.69 Å². The molecule has 0 aliphatic rings. The Labute approximate surface area is 196 Å². The summed E-state index contributed by atoms with van der Waals surface area (Å²) in [5, 5.41) is 12.3. The number of anilines is 1. The lowest BCUT2D eigenvalue weighted by Gasteiger charge is -2.15. The fourth-order valence-electron chi connectivity index (χ4n) is 2.94. The highest BCUT2D eigenvalue weighted by Gasteiger charge is 2.21. The molecule has 0 aliphatic heterocycles. The number of nitrogens with zero attached hydrogens (tertiary/aromatic N) is 2. The number of methoxy groups -OCH3 is 2. The van der Waals surface area contributed by atoms with Gasteiger partial charge in [0.15, 0.2) is 18.1 Å². The van der Waals surface area contributed by atoms with Crippen LogP contribution in [0.5, 0.6) is 11.5 Å². The van der Waals surface area contributed by atoms with E-state index in [-0.39, 0.29) is 36.0 Å². The Hall–Kier alpha value is -3.70. The van der Waals surface area contributed by atoms with E-state index in [1.54, 1.807) is 0 Å². The predicted molar refractivity (Wildman–Crippen MR) is 123 cm³/mol. The van der Waals surface area contributed by atoms with Gasteiger partial charge in [0.25, 0.3) is 5.89 Å². The van der Waals surface area contributed by atoms with Crippen LogP contribution >= 0.6 is 22.7 Å². The molecule has 0 radical (unpaired) electrons. The largest absolute Gasteiger partial charge is 0.493 e. The van der Waals surface area contributed by atoms with E-state index in [9.17, 15) is 9.59 Å². The molecule has 0 atom stereocenters. The van der Waals surface area contributed by atoms with Crippen LogP contribution in [-0.4, -0.2) is 36.2 Å². The molecule has 4 rings (SSSR count). The Balaban J connectivity index is 1.51.